The number of nitro groups is 1. The molecule has 1 aromatic carbocycles. The van der Waals surface area contributed by atoms with Crippen molar-refractivity contribution in [3.05, 3.63) is 58.3 Å². The van der Waals surface area contributed by atoms with Crippen LogP contribution in [-0.2, 0) is 10.0 Å². The molecule has 112 valence electrons. The Morgan fingerprint density at radius 1 is 1.38 bits per heavy atom. The molecule has 0 aliphatic rings. The second kappa shape index (κ2) is 5.62. The highest BCUT2D eigenvalue weighted by atomic mass is 32.2. The Labute approximate surface area is 119 Å². The van der Waals surface area contributed by atoms with Gasteiger partial charge in [0, 0.05) is 12.1 Å². The lowest BCUT2D eigenvalue weighted by molar-refractivity contribution is -0.387. The maximum Gasteiger partial charge on any atom is 0.304 e. The minimum absolute atomic E-state index is 0.390. The number of hydrogen-bond acceptors (Lipinski definition) is 5. The zero-order chi connectivity index (χ0) is 15.6. The molecular weight excluding hydrogens is 303 g/mol. The summed E-state index contributed by atoms with van der Waals surface area (Å²) in [5.41, 5.74) is -0.784. The fraction of sp³-hybridized carbons (Fsp3) is 0.167. The van der Waals surface area contributed by atoms with E-state index in [1.165, 1.54) is 6.26 Å². The molecule has 1 unspecified atom stereocenters. The number of nitrogens with zero attached hydrogens (tertiary/aromatic N) is 1. The Kier molecular flexibility index (Phi) is 4.05. The van der Waals surface area contributed by atoms with Crippen molar-refractivity contribution in [3.63, 3.8) is 0 Å². The minimum atomic E-state index is -4.02. The lowest BCUT2D eigenvalue weighted by Crippen LogP contribution is -2.26. The van der Waals surface area contributed by atoms with Gasteiger partial charge in [0.2, 0.25) is 15.8 Å². The number of rotatable bonds is 5. The van der Waals surface area contributed by atoms with Crippen LogP contribution in [-0.4, -0.2) is 13.3 Å². The highest BCUT2D eigenvalue weighted by Gasteiger charge is 2.23. The summed E-state index contributed by atoms with van der Waals surface area (Å²) in [6, 6.07) is 4.91. The maximum absolute atomic E-state index is 13.5. The van der Waals surface area contributed by atoms with Crippen LogP contribution in [0.15, 0.2) is 45.9 Å². The molecule has 1 aromatic heterocycles. The van der Waals surface area contributed by atoms with Crippen molar-refractivity contribution >= 4 is 15.7 Å². The zero-order valence-electron chi connectivity index (χ0n) is 10.8. The molecule has 2 rings (SSSR count). The second-order valence-corrected chi connectivity index (χ2v) is 5.94. The van der Waals surface area contributed by atoms with E-state index >= 15 is 0 Å². The monoisotopic (exact) mass is 314 g/mol. The van der Waals surface area contributed by atoms with Crippen molar-refractivity contribution in [2.75, 3.05) is 0 Å². The molecule has 1 N–H and O–H groups in total. The van der Waals surface area contributed by atoms with Gasteiger partial charge in [0.05, 0.1) is 22.1 Å². The third-order valence-electron chi connectivity index (χ3n) is 2.73. The predicted octanol–water partition coefficient (Wildman–Crippen LogP) is 2.37. The largest absolute Gasteiger partial charge is 0.468 e. The molecule has 0 aliphatic carbocycles. The van der Waals surface area contributed by atoms with E-state index < -0.39 is 37.4 Å². The van der Waals surface area contributed by atoms with Gasteiger partial charge in [0.15, 0.2) is 0 Å². The van der Waals surface area contributed by atoms with Crippen LogP contribution in [0.25, 0.3) is 0 Å². The molecule has 7 nitrogen and oxygen atoms in total. The standard InChI is InChI=1S/C12H11FN2O5S/c1-8(12-3-2-6-20-12)14-21(18,19)9-4-5-11(15(16)17)10(13)7-9/h2-8,14H,1H3. The van der Waals surface area contributed by atoms with Gasteiger partial charge in [-0.3, -0.25) is 10.1 Å². The van der Waals surface area contributed by atoms with Gasteiger partial charge in [-0.05, 0) is 25.1 Å². The second-order valence-electron chi connectivity index (χ2n) is 4.23. The van der Waals surface area contributed by atoms with Gasteiger partial charge in [0.25, 0.3) is 0 Å². The molecule has 0 saturated heterocycles. The molecule has 0 spiro atoms. The van der Waals surface area contributed by atoms with Gasteiger partial charge < -0.3 is 4.42 Å². The molecule has 9 heteroatoms. The first-order valence-electron chi connectivity index (χ1n) is 5.81. The Morgan fingerprint density at radius 3 is 2.62 bits per heavy atom. The summed E-state index contributed by atoms with van der Waals surface area (Å²) in [4.78, 5) is 9.18. The summed E-state index contributed by atoms with van der Waals surface area (Å²) >= 11 is 0. The van der Waals surface area contributed by atoms with Crippen LogP contribution in [0.2, 0.25) is 0 Å². The Balaban J connectivity index is 2.28. The smallest absolute Gasteiger partial charge is 0.304 e. The topological polar surface area (TPSA) is 102 Å². The van der Waals surface area contributed by atoms with Gasteiger partial charge in [-0.15, -0.1) is 0 Å². The molecule has 21 heavy (non-hydrogen) atoms. The van der Waals surface area contributed by atoms with E-state index in [1.807, 2.05) is 0 Å². The number of nitro benzene ring substituents is 1. The SMILES string of the molecule is CC(NS(=O)(=O)c1ccc([N+](=O)[O-])c(F)c1)c1ccco1. The van der Waals surface area contributed by atoms with E-state index in [0.717, 1.165) is 12.1 Å². The van der Waals surface area contributed by atoms with E-state index in [4.69, 9.17) is 4.42 Å². The third kappa shape index (κ3) is 3.26. The summed E-state index contributed by atoms with van der Waals surface area (Å²) in [7, 11) is -4.02. The van der Waals surface area contributed by atoms with Crippen LogP contribution in [0.1, 0.15) is 18.7 Å². The minimum Gasteiger partial charge on any atom is -0.468 e. The van der Waals surface area contributed by atoms with Crippen LogP contribution >= 0.6 is 0 Å². The van der Waals surface area contributed by atoms with Crippen molar-refractivity contribution < 1.29 is 22.1 Å². The number of furan rings is 1. The van der Waals surface area contributed by atoms with E-state index in [1.54, 1.807) is 19.1 Å². The lowest BCUT2D eigenvalue weighted by Gasteiger charge is -2.12. The first kappa shape index (κ1) is 15.1. The summed E-state index contributed by atoms with van der Waals surface area (Å²) in [5, 5.41) is 10.5. The fourth-order valence-electron chi connectivity index (χ4n) is 1.70. The molecule has 2 aromatic rings. The fourth-order valence-corrected chi connectivity index (χ4v) is 2.92. The molecule has 0 saturated carbocycles. The Morgan fingerprint density at radius 2 is 2.10 bits per heavy atom. The highest BCUT2D eigenvalue weighted by Crippen LogP contribution is 2.22. The first-order chi connectivity index (χ1) is 9.81. The van der Waals surface area contributed by atoms with Crippen LogP contribution in [0.5, 0.6) is 0 Å². The van der Waals surface area contributed by atoms with E-state index in [9.17, 15) is 22.9 Å². The number of benzene rings is 1. The molecule has 0 amide bonds. The highest BCUT2D eigenvalue weighted by molar-refractivity contribution is 7.89. The Hall–Kier alpha value is -2.26. The molecule has 0 bridgehead atoms. The van der Waals surface area contributed by atoms with Gasteiger partial charge in [-0.1, -0.05) is 0 Å². The first-order valence-corrected chi connectivity index (χ1v) is 7.29. The lowest BCUT2D eigenvalue weighted by atomic mass is 10.3. The zero-order valence-corrected chi connectivity index (χ0v) is 11.6. The maximum atomic E-state index is 13.5. The summed E-state index contributed by atoms with van der Waals surface area (Å²) in [6.45, 7) is 1.55. The average Bonchev–Trinajstić information content (AvgIpc) is 2.91. The molecular formula is C12H11FN2O5S. The van der Waals surface area contributed by atoms with Crippen LogP contribution < -0.4 is 4.72 Å². The number of hydrogen-bond donors (Lipinski definition) is 1. The number of sulfonamides is 1. The predicted molar refractivity (Wildman–Crippen MR) is 70.5 cm³/mol. The van der Waals surface area contributed by atoms with Gasteiger partial charge in [-0.2, -0.15) is 4.39 Å². The van der Waals surface area contributed by atoms with Crippen molar-refractivity contribution in [3.8, 4) is 0 Å². The third-order valence-corrected chi connectivity index (χ3v) is 4.27. The molecule has 0 fully saturated rings. The van der Waals surface area contributed by atoms with Gasteiger partial charge in [-0.25, -0.2) is 13.1 Å². The average molecular weight is 314 g/mol. The van der Waals surface area contributed by atoms with Crippen LogP contribution in [0.3, 0.4) is 0 Å². The molecule has 0 radical (unpaired) electrons. The molecule has 1 heterocycles. The summed E-state index contributed by atoms with van der Waals surface area (Å²) in [6.07, 6.45) is 1.39. The van der Waals surface area contributed by atoms with Gasteiger partial charge >= 0.3 is 5.69 Å². The van der Waals surface area contributed by atoms with E-state index in [2.05, 4.69) is 4.72 Å². The van der Waals surface area contributed by atoms with Crippen molar-refractivity contribution in [2.45, 2.75) is 17.9 Å². The van der Waals surface area contributed by atoms with E-state index in [0.29, 0.717) is 11.8 Å². The normalized spacial score (nSPS) is 13.0. The van der Waals surface area contributed by atoms with E-state index in [-0.39, 0.29) is 0 Å². The summed E-state index contributed by atoms with van der Waals surface area (Å²) in [5.74, 6) is -0.825. The van der Waals surface area contributed by atoms with Crippen LogP contribution in [0.4, 0.5) is 10.1 Å². The van der Waals surface area contributed by atoms with Crippen LogP contribution in [0, 0.1) is 15.9 Å². The summed E-state index contributed by atoms with van der Waals surface area (Å²) < 4.78 is 45.0. The molecule has 0 aliphatic heterocycles. The number of nitrogens with one attached hydrogen (secondary N) is 1. The molecule has 1 atom stereocenters. The van der Waals surface area contributed by atoms with Gasteiger partial charge in [0.1, 0.15) is 5.76 Å². The number of halogens is 1. The van der Waals surface area contributed by atoms with Crippen molar-refractivity contribution in [1.82, 2.24) is 4.72 Å². The van der Waals surface area contributed by atoms with Crippen molar-refractivity contribution in [1.29, 1.82) is 0 Å². The quantitative estimate of drug-likeness (QED) is 0.674. The Bertz CT molecular complexity index is 758. The van der Waals surface area contributed by atoms with Crippen molar-refractivity contribution in [2.24, 2.45) is 0 Å².